The summed E-state index contributed by atoms with van der Waals surface area (Å²) >= 11 is 0. The fraction of sp³-hybridized carbons (Fsp3) is 0.667. The maximum absolute atomic E-state index is 2.16. The molecule has 0 aliphatic carbocycles. The Morgan fingerprint density at radius 2 is 2.29 bits per heavy atom. The van der Waals surface area contributed by atoms with Crippen molar-refractivity contribution in [2.24, 2.45) is 0 Å². The van der Waals surface area contributed by atoms with Gasteiger partial charge in [0.25, 0.3) is 0 Å². The molecule has 1 nitrogen and oxygen atoms in total. The van der Waals surface area contributed by atoms with Crippen molar-refractivity contribution in [1.82, 2.24) is 0 Å². The fourth-order valence-corrected chi connectivity index (χ4v) is 0.575. The van der Waals surface area contributed by atoms with Crippen molar-refractivity contribution in [2.75, 3.05) is 7.05 Å². The SMILES string of the molecule is C/C=C(/CC)[NH2+]C. The van der Waals surface area contributed by atoms with E-state index >= 15 is 0 Å². The highest BCUT2D eigenvalue weighted by atomic mass is 14.8. The third-order valence-electron chi connectivity index (χ3n) is 1.15. The standard InChI is InChI=1S/C6H13N/c1-4-6(5-2)7-3/h4,7H,5H2,1-3H3/p+1/b6-4-. The average molecular weight is 100 g/mol. The third kappa shape index (κ3) is 2.40. The number of nitrogens with two attached hydrogens (primary N) is 1. The van der Waals surface area contributed by atoms with Gasteiger partial charge in [0, 0.05) is 6.42 Å². The molecule has 0 aromatic rings. The minimum absolute atomic E-state index is 1.16. The molecule has 42 valence electrons. The topological polar surface area (TPSA) is 16.6 Å². The van der Waals surface area contributed by atoms with Gasteiger partial charge in [-0.3, -0.25) is 0 Å². The lowest BCUT2D eigenvalue weighted by Crippen LogP contribution is -2.77. The lowest BCUT2D eigenvalue weighted by atomic mass is 10.3. The van der Waals surface area contributed by atoms with Crippen LogP contribution in [0.15, 0.2) is 11.8 Å². The first kappa shape index (κ1) is 6.70. The number of rotatable bonds is 2. The molecule has 0 unspecified atom stereocenters. The molecule has 0 saturated heterocycles. The van der Waals surface area contributed by atoms with Gasteiger partial charge in [0.05, 0.1) is 7.05 Å². The van der Waals surface area contributed by atoms with Gasteiger partial charge < -0.3 is 5.32 Å². The van der Waals surface area contributed by atoms with Gasteiger partial charge >= 0.3 is 0 Å². The van der Waals surface area contributed by atoms with Crippen LogP contribution in [0.2, 0.25) is 0 Å². The van der Waals surface area contributed by atoms with Crippen molar-refractivity contribution < 1.29 is 5.32 Å². The summed E-state index contributed by atoms with van der Waals surface area (Å²) in [5.41, 5.74) is 1.43. The zero-order chi connectivity index (χ0) is 5.70. The first-order valence-corrected chi connectivity index (χ1v) is 2.79. The van der Waals surface area contributed by atoms with E-state index in [-0.39, 0.29) is 0 Å². The van der Waals surface area contributed by atoms with Crippen LogP contribution in [0.3, 0.4) is 0 Å². The highest BCUT2D eigenvalue weighted by molar-refractivity contribution is 4.83. The highest BCUT2D eigenvalue weighted by Gasteiger charge is 1.86. The van der Waals surface area contributed by atoms with Crippen LogP contribution in [0.5, 0.6) is 0 Å². The van der Waals surface area contributed by atoms with Gasteiger partial charge in [-0.1, -0.05) is 6.92 Å². The van der Waals surface area contributed by atoms with E-state index < -0.39 is 0 Å². The van der Waals surface area contributed by atoms with Gasteiger partial charge in [-0.15, -0.1) is 0 Å². The van der Waals surface area contributed by atoms with Crippen LogP contribution >= 0.6 is 0 Å². The van der Waals surface area contributed by atoms with Crippen LogP contribution in [0, 0.1) is 0 Å². The van der Waals surface area contributed by atoms with Crippen molar-refractivity contribution in [3.63, 3.8) is 0 Å². The number of hydrogen-bond donors (Lipinski definition) is 1. The summed E-state index contributed by atoms with van der Waals surface area (Å²) in [6.45, 7) is 4.23. The van der Waals surface area contributed by atoms with Gasteiger partial charge in [0.15, 0.2) is 0 Å². The largest absolute Gasteiger partial charge is 0.320 e. The van der Waals surface area contributed by atoms with E-state index in [1.54, 1.807) is 0 Å². The molecule has 0 atom stereocenters. The number of quaternary nitrogens is 1. The molecule has 1 heteroatoms. The predicted molar refractivity (Wildman–Crippen MR) is 31.9 cm³/mol. The highest BCUT2D eigenvalue weighted by Crippen LogP contribution is 1.83. The Hall–Kier alpha value is -0.300. The first-order chi connectivity index (χ1) is 3.35. The van der Waals surface area contributed by atoms with Crippen LogP contribution in [-0.4, -0.2) is 7.05 Å². The molecule has 0 rings (SSSR count). The molecule has 0 aliphatic heterocycles. The lowest BCUT2D eigenvalue weighted by molar-refractivity contribution is -0.578. The monoisotopic (exact) mass is 100 g/mol. The van der Waals surface area contributed by atoms with E-state index in [0.29, 0.717) is 0 Å². The molecular weight excluding hydrogens is 86.1 g/mol. The Balaban J connectivity index is 3.38. The summed E-state index contributed by atoms with van der Waals surface area (Å²) in [5.74, 6) is 0. The molecule has 2 N–H and O–H groups in total. The zero-order valence-electron chi connectivity index (χ0n) is 5.36. The van der Waals surface area contributed by atoms with Crippen molar-refractivity contribution in [1.29, 1.82) is 0 Å². The summed E-state index contributed by atoms with van der Waals surface area (Å²) in [6, 6.07) is 0. The smallest absolute Gasteiger partial charge is 0.101 e. The molecule has 0 saturated carbocycles. The van der Waals surface area contributed by atoms with E-state index in [4.69, 9.17) is 0 Å². The Kier molecular flexibility index (Phi) is 3.71. The minimum atomic E-state index is 1.16. The molecule has 0 heterocycles. The maximum Gasteiger partial charge on any atom is 0.101 e. The van der Waals surface area contributed by atoms with E-state index in [2.05, 4.69) is 32.3 Å². The second-order valence-electron chi connectivity index (χ2n) is 1.51. The average Bonchev–Trinajstić information content (AvgIpc) is 1.72. The summed E-state index contributed by atoms with van der Waals surface area (Å²) in [6.07, 6.45) is 3.30. The Labute approximate surface area is 45.4 Å². The van der Waals surface area contributed by atoms with Gasteiger partial charge in [0.1, 0.15) is 5.70 Å². The molecule has 0 aliphatic rings. The fourth-order valence-electron chi connectivity index (χ4n) is 0.575. The van der Waals surface area contributed by atoms with E-state index in [0.717, 1.165) is 6.42 Å². The van der Waals surface area contributed by atoms with Crippen LogP contribution in [-0.2, 0) is 0 Å². The maximum atomic E-state index is 2.16. The number of allylic oxidation sites excluding steroid dienone is 2. The molecule has 0 radical (unpaired) electrons. The van der Waals surface area contributed by atoms with Gasteiger partial charge in [-0.05, 0) is 13.0 Å². The third-order valence-corrected chi connectivity index (χ3v) is 1.15. The van der Waals surface area contributed by atoms with Gasteiger partial charge in [-0.2, -0.15) is 0 Å². The molecular formula is C6H14N+. The summed E-state index contributed by atoms with van der Waals surface area (Å²) in [5, 5.41) is 2.14. The van der Waals surface area contributed by atoms with Gasteiger partial charge in [0.2, 0.25) is 0 Å². The molecule has 0 aromatic heterocycles. The van der Waals surface area contributed by atoms with Gasteiger partial charge in [-0.25, -0.2) is 0 Å². The Morgan fingerprint density at radius 1 is 1.71 bits per heavy atom. The molecule has 0 bridgehead atoms. The Bertz CT molecular complexity index is 58.6. The molecule has 0 spiro atoms. The second-order valence-corrected chi connectivity index (χ2v) is 1.51. The lowest BCUT2D eigenvalue weighted by Gasteiger charge is -1.91. The van der Waals surface area contributed by atoms with Crippen LogP contribution in [0.4, 0.5) is 0 Å². The first-order valence-electron chi connectivity index (χ1n) is 2.79. The van der Waals surface area contributed by atoms with E-state index in [1.165, 1.54) is 5.70 Å². The van der Waals surface area contributed by atoms with Crippen molar-refractivity contribution in [2.45, 2.75) is 20.3 Å². The van der Waals surface area contributed by atoms with Crippen molar-refractivity contribution >= 4 is 0 Å². The van der Waals surface area contributed by atoms with Crippen molar-refractivity contribution in [3.05, 3.63) is 11.8 Å². The van der Waals surface area contributed by atoms with Crippen LogP contribution in [0.1, 0.15) is 20.3 Å². The summed E-state index contributed by atoms with van der Waals surface area (Å²) in [4.78, 5) is 0. The molecule has 0 fully saturated rings. The molecule has 0 aromatic carbocycles. The predicted octanol–water partition coefficient (Wildman–Crippen LogP) is 0.493. The summed E-state index contributed by atoms with van der Waals surface area (Å²) < 4.78 is 0. The quantitative estimate of drug-likeness (QED) is 0.520. The van der Waals surface area contributed by atoms with Crippen LogP contribution in [0.25, 0.3) is 0 Å². The number of hydrogen-bond acceptors (Lipinski definition) is 0. The second kappa shape index (κ2) is 3.88. The van der Waals surface area contributed by atoms with E-state index in [1.807, 2.05) is 0 Å². The van der Waals surface area contributed by atoms with Crippen molar-refractivity contribution in [3.8, 4) is 0 Å². The molecule has 0 amide bonds. The van der Waals surface area contributed by atoms with E-state index in [9.17, 15) is 0 Å². The summed E-state index contributed by atoms with van der Waals surface area (Å²) in [7, 11) is 2.07. The minimum Gasteiger partial charge on any atom is -0.320 e. The van der Waals surface area contributed by atoms with Crippen LogP contribution < -0.4 is 5.32 Å². The normalized spacial score (nSPS) is 12.1. The zero-order valence-corrected chi connectivity index (χ0v) is 5.36. The Morgan fingerprint density at radius 3 is 2.29 bits per heavy atom. The molecule has 7 heavy (non-hydrogen) atoms.